The lowest BCUT2D eigenvalue weighted by molar-refractivity contribution is -0.148. The molecule has 2 saturated heterocycles. The number of fused-ring (bicyclic) bond motifs is 1. The van der Waals surface area contributed by atoms with Crippen molar-refractivity contribution in [2.45, 2.75) is 11.4 Å². The quantitative estimate of drug-likeness (QED) is 0.828. The van der Waals surface area contributed by atoms with Crippen molar-refractivity contribution in [3.05, 3.63) is 29.8 Å². The number of amides is 2. The lowest BCUT2D eigenvalue weighted by Crippen LogP contribution is -2.44. The first kappa shape index (κ1) is 18.1. The summed E-state index contributed by atoms with van der Waals surface area (Å²) in [6.45, 7) is 2.78. The van der Waals surface area contributed by atoms with Gasteiger partial charge in [-0.1, -0.05) is 12.1 Å². The summed E-state index contributed by atoms with van der Waals surface area (Å²) < 4.78 is 0. The molecule has 0 radical (unpaired) electrons. The van der Waals surface area contributed by atoms with Crippen LogP contribution in [0.15, 0.2) is 29.2 Å². The molecule has 0 aromatic heterocycles. The largest absolute Gasteiger partial charge is 0.481 e. The second-order valence-corrected chi connectivity index (χ2v) is 8.12. The normalized spacial score (nSPS) is 25.9. The minimum Gasteiger partial charge on any atom is -0.481 e. The lowest BCUT2D eigenvalue weighted by atomic mass is 9.81. The molecule has 25 heavy (non-hydrogen) atoms. The third kappa shape index (κ3) is 3.35. The van der Waals surface area contributed by atoms with Crippen molar-refractivity contribution in [3.63, 3.8) is 0 Å². The second kappa shape index (κ2) is 6.88. The van der Waals surface area contributed by atoms with Gasteiger partial charge < -0.3 is 14.9 Å². The molecule has 0 unspecified atom stereocenters. The van der Waals surface area contributed by atoms with Crippen LogP contribution in [-0.4, -0.2) is 78.3 Å². The van der Waals surface area contributed by atoms with E-state index >= 15 is 0 Å². The molecule has 136 valence electrons. The van der Waals surface area contributed by atoms with Crippen LogP contribution in [0, 0.1) is 11.3 Å². The fourth-order valence-electron chi connectivity index (χ4n) is 4.05. The first-order chi connectivity index (χ1) is 11.9. The summed E-state index contributed by atoms with van der Waals surface area (Å²) >= 11 is 1.71. The summed E-state index contributed by atoms with van der Waals surface area (Å²) in [6, 6.07) is 8.27. The summed E-state index contributed by atoms with van der Waals surface area (Å²) in [7, 11) is 3.41. The van der Waals surface area contributed by atoms with E-state index in [-0.39, 0.29) is 11.9 Å². The van der Waals surface area contributed by atoms with E-state index in [1.165, 1.54) is 15.4 Å². The van der Waals surface area contributed by atoms with Crippen LogP contribution in [0.5, 0.6) is 0 Å². The van der Waals surface area contributed by atoms with Crippen LogP contribution in [0.1, 0.15) is 5.56 Å². The number of aliphatic carboxylic acids is 1. The Hall–Kier alpha value is -1.73. The molecule has 0 aliphatic carbocycles. The zero-order valence-corrected chi connectivity index (χ0v) is 15.8. The van der Waals surface area contributed by atoms with Gasteiger partial charge in [0, 0.05) is 57.6 Å². The Balaban J connectivity index is 1.73. The molecule has 1 N–H and O–H groups in total. The molecule has 1 aromatic rings. The van der Waals surface area contributed by atoms with Crippen LogP contribution < -0.4 is 0 Å². The summed E-state index contributed by atoms with van der Waals surface area (Å²) in [5.41, 5.74) is 0.358. The highest BCUT2D eigenvalue weighted by Crippen LogP contribution is 2.43. The second-order valence-electron chi connectivity index (χ2n) is 7.24. The van der Waals surface area contributed by atoms with Gasteiger partial charge in [0.2, 0.25) is 0 Å². The van der Waals surface area contributed by atoms with E-state index in [0.29, 0.717) is 26.2 Å². The first-order valence-corrected chi connectivity index (χ1v) is 9.63. The van der Waals surface area contributed by atoms with Gasteiger partial charge in [-0.05, 0) is 24.0 Å². The van der Waals surface area contributed by atoms with Gasteiger partial charge in [-0.15, -0.1) is 11.8 Å². The molecule has 1 aromatic carbocycles. The van der Waals surface area contributed by atoms with Crippen molar-refractivity contribution >= 4 is 23.8 Å². The van der Waals surface area contributed by atoms with E-state index in [1.54, 1.807) is 30.8 Å². The van der Waals surface area contributed by atoms with E-state index in [0.717, 1.165) is 6.54 Å². The Labute approximate surface area is 152 Å². The maximum atomic E-state index is 12.2. The van der Waals surface area contributed by atoms with E-state index in [2.05, 4.69) is 29.4 Å². The van der Waals surface area contributed by atoms with Crippen molar-refractivity contribution in [3.8, 4) is 0 Å². The number of carbonyl (C=O) groups excluding carboxylic acids is 1. The monoisotopic (exact) mass is 363 g/mol. The maximum Gasteiger partial charge on any atom is 0.319 e. The SMILES string of the molecule is CSc1cccc(CN2C[C@@H]3CN(C(=O)N(C)C)C[C@]3(C(=O)O)C2)c1. The molecule has 3 rings (SSSR count). The molecule has 6 nitrogen and oxygen atoms in total. The van der Waals surface area contributed by atoms with Crippen molar-refractivity contribution in [1.29, 1.82) is 0 Å². The number of rotatable bonds is 4. The Morgan fingerprint density at radius 1 is 1.32 bits per heavy atom. The van der Waals surface area contributed by atoms with Crippen LogP contribution in [0.25, 0.3) is 0 Å². The van der Waals surface area contributed by atoms with Crippen LogP contribution in [-0.2, 0) is 11.3 Å². The highest BCUT2D eigenvalue weighted by Gasteiger charge is 2.58. The molecule has 2 fully saturated rings. The number of urea groups is 1. The van der Waals surface area contributed by atoms with Crippen molar-refractivity contribution in [2.75, 3.05) is 46.5 Å². The zero-order chi connectivity index (χ0) is 18.2. The molecule has 0 spiro atoms. The molecular weight excluding hydrogens is 338 g/mol. The van der Waals surface area contributed by atoms with E-state index in [4.69, 9.17) is 0 Å². The smallest absolute Gasteiger partial charge is 0.319 e. The molecular formula is C18H25N3O3S. The predicted octanol–water partition coefficient (Wildman–Crippen LogP) is 1.91. The fraction of sp³-hybridized carbons (Fsp3) is 0.556. The maximum absolute atomic E-state index is 12.2. The van der Waals surface area contributed by atoms with Crippen LogP contribution in [0.2, 0.25) is 0 Å². The molecule has 2 amide bonds. The van der Waals surface area contributed by atoms with Gasteiger partial charge in [0.1, 0.15) is 5.41 Å². The Bertz CT molecular complexity index is 681. The number of benzene rings is 1. The summed E-state index contributed by atoms with van der Waals surface area (Å²) in [5.74, 6) is -0.801. The van der Waals surface area contributed by atoms with E-state index < -0.39 is 11.4 Å². The van der Waals surface area contributed by atoms with Crippen molar-refractivity contribution in [1.82, 2.24) is 14.7 Å². The molecule has 2 aliphatic heterocycles. The van der Waals surface area contributed by atoms with E-state index in [1.807, 2.05) is 6.07 Å². The summed E-state index contributed by atoms with van der Waals surface area (Å²) in [6.07, 6.45) is 2.05. The number of carboxylic acids is 1. The average Bonchev–Trinajstić information content (AvgIpc) is 3.09. The van der Waals surface area contributed by atoms with Crippen LogP contribution >= 0.6 is 11.8 Å². The first-order valence-electron chi connectivity index (χ1n) is 8.40. The van der Waals surface area contributed by atoms with Crippen LogP contribution in [0.4, 0.5) is 4.79 Å². The lowest BCUT2D eigenvalue weighted by Gasteiger charge is -2.27. The van der Waals surface area contributed by atoms with Gasteiger partial charge in [0.15, 0.2) is 0 Å². The molecule has 7 heteroatoms. The average molecular weight is 363 g/mol. The third-order valence-electron chi connectivity index (χ3n) is 5.30. The minimum absolute atomic E-state index is 0.0161. The van der Waals surface area contributed by atoms with Gasteiger partial charge in [-0.25, -0.2) is 4.79 Å². The Kier molecular flexibility index (Phi) is 4.97. The van der Waals surface area contributed by atoms with Crippen molar-refractivity contribution in [2.24, 2.45) is 11.3 Å². The third-order valence-corrected chi connectivity index (χ3v) is 6.02. The minimum atomic E-state index is -0.844. The number of likely N-dealkylation sites (tertiary alicyclic amines) is 2. The number of carboxylic acid groups (broad SMARTS) is 1. The van der Waals surface area contributed by atoms with Crippen LogP contribution in [0.3, 0.4) is 0 Å². The zero-order valence-electron chi connectivity index (χ0n) is 14.9. The Morgan fingerprint density at radius 3 is 2.68 bits per heavy atom. The highest BCUT2D eigenvalue weighted by atomic mass is 32.2. The number of hydrogen-bond acceptors (Lipinski definition) is 4. The highest BCUT2D eigenvalue weighted by molar-refractivity contribution is 7.98. The standard InChI is InChI=1S/C18H25N3O3S/c1-19(2)17(24)21-10-14-9-20(11-18(14,12-21)16(22)23)8-13-5-4-6-15(7-13)25-3/h4-7,14H,8-12H2,1-3H3,(H,22,23)/t14-,18-/m1/s1. The fourth-order valence-corrected chi connectivity index (χ4v) is 4.53. The van der Waals surface area contributed by atoms with Gasteiger partial charge >= 0.3 is 12.0 Å². The van der Waals surface area contributed by atoms with Gasteiger partial charge in [-0.3, -0.25) is 9.69 Å². The molecule has 0 saturated carbocycles. The summed E-state index contributed by atoms with van der Waals surface area (Å²) in [5, 5.41) is 9.90. The van der Waals surface area contributed by atoms with Gasteiger partial charge in [0.05, 0.1) is 0 Å². The summed E-state index contributed by atoms with van der Waals surface area (Å²) in [4.78, 5) is 30.9. The topological polar surface area (TPSA) is 64.1 Å². The number of carbonyl (C=O) groups is 2. The number of hydrogen-bond donors (Lipinski definition) is 1. The van der Waals surface area contributed by atoms with Gasteiger partial charge in [0.25, 0.3) is 0 Å². The number of nitrogens with zero attached hydrogens (tertiary/aromatic N) is 3. The molecule has 2 heterocycles. The predicted molar refractivity (Wildman–Crippen MR) is 97.7 cm³/mol. The molecule has 2 atom stereocenters. The molecule has 0 bridgehead atoms. The van der Waals surface area contributed by atoms with E-state index in [9.17, 15) is 14.7 Å². The van der Waals surface area contributed by atoms with Crippen molar-refractivity contribution < 1.29 is 14.7 Å². The Morgan fingerprint density at radius 2 is 2.08 bits per heavy atom. The van der Waals surface area contributed by atoms with Gasteiger partial charge in [-0.2, -0.15) is 0 Å². The molecule has 2 aliphatic rings. The number of thioether (sulfide) groups is 1.